The van der Waals surface area contributed by atoms with Crippen LogP contribution in [0.25, 0.3) is 0 Å². The van der Waals surface area contributed by atoms with Gasteiger partial charge in [0.25, 0.3) is 10.0 Å². The average molecular weight is 512 g/mol. The molecule has 0 radical (unpaired) electrons. The van der Waals surface area contributed by atoms with Gasteiger partial charge in [-0.1, -0.05) is 31.4 Å². The summed E-state index contributed by atoms with van der Waals surface area (Å²) in [5.74, 6) is 0.157. The Morgan fingerprint density at radius 3 is 2.54 bits per heavy atom. The first kappa shape index (κ1) is 25.3. The van der Waals surface area contributed by atoms with Crippen molar-refractivity contribution in [3.05, 3.63) is 53.6 Å². The molecule has 2 aromatic rings. The lowest BCUT2D eigenvalue weighted by molar-refractivity contribution is -0.141. The number of rotatable bonds is 6. The lowest BCUT2D eigenvalue weighted by atomic mass is 9.84. The maximum Gasteiger partial charge on any atom is 0.416 e. The highest BCUT2D eigenvalue weighted by Gasteiger charge is 2.37. The molecule has 0 saturated heterocycles. The number of carbonyl (C=O) groups is 1. The number of sulfonamides is 1. The smallest absolute Gasteiger partial charge is 0.416 e. The molecular weight excluding hydrogens is 483 g/mol. The lowest BCUT2D eigenvalue weighted by Gasteiger charge is -2.36. The highest BCUT2D eigenvalue weighted by atomic mass is 32.2. The predicted octanol–water partition coefficient (Wildman–Crippen LogP) is 5.66. The zero-order valence-electron chi connectivity index (χ0n) is 19.4. The standard InChI is InChI=1S/C25H28F3NO5S/c1-33-24(30)13-11-20-16-29(35(31,32)21-9-5-8-19(15-21)25(26,27)28)22-14-18(10-12-23(22)34-20)17-6-3-2-4-7-17/h5,8-10,12,14-15,17,20H,2-4,6-7,11,13,16H2,1H3/t20-/m0/s1. The molecule has 35 heavy (non-hydrogen) atoms. The molecule has 1 heterocycles. The molecular formula is C25H28F3NO5S. The number of nitrogens with zero attached hydrogens (tertiary/aromatic N) is 1. The Hall–Kier alpha value is -2.75. The zero-order chi connectivity index (χ0) is 25.2. The first-order chi connectivity index (χ1) is 16.6. The Morgan fingerprint density at radius 2 is 1.86 bits per heavy atom. The van der Waals surface area contributed by atoms with Crippen molar-refractivity contribution < 1.29 is 35.9 Å². The Morgan fingerprint density at radius 1 is 1.11 bits per heavy atom. The number of fused-ring (bicyclic) bond motifs is 1. The Labute approximate surface area is 203 Å². The van der Waals surface area contributed by atoms with Crippen LogP contribution in [-0.2, 0) is 25.7 Å². The van der Waals surface area contributed by atoms with Gasteiger partial charge < -0.3 is 9.47 Å². The summed E-state index contributed by atoms with van der Waals surface area (Å²) in [6.07, 6.45) is 0.250. The second kappa shape index (κ2) is 10.1. The summed E-state index contributed by atoms with van der Waals surface area (Å²) in [5.41, 5.74) is 0.259. The van der Waals surface area contributed by atoms with Crippen LogP contribution in [0.4, 0.5) is 18.9 Å². The van der Waals surface area contributed by atoms with E-state index in [2.05, 4.69) is 4.74 Å². The van der Waals surface area contributed by atoms with Crippen LogP contribution in [0.1, 0.15) is 62.0 Å². The number of esters is 1. The van der Waals surface area contributed by atoms with Crippen molar-refractivity contribution in [2.45, 2.75) is 68.0 Å². The van der Waals surface area contributed by atoms with E-state index in [9.17, 15) is 26.4 Å². The van der Waals surface area contributed by atoms with Crippen molar-refractivity contribution in [3.63, 3.8) is 0 Å². The van der Waals surface area contributed by atoms with Crippen molar-refractivity contribution in [3.8, 4) is 5.75 Å². The average Bonchev–Trinajstić information content (AvgIpc) is 2.86. The minimum Gasteiger partial charge on any atom is -0.486 e. The number of anilines is 1. The quantitative estimate of drug-likeness (QED) is 0.468. The van der Waals surface area contributed by atoms with E-state index in [0.717, 1.165) is 53.8 Å². The van der Waals surface area contributed by atoms with Crippen LogP contribution in [0.2, 0.25) is 0 Å². The summed E-state index contributed by atoms with van der Waals surface area (Å²) < 4.78 is 79.0. The van der Waals surface area contributed by atoms with Gasteiger partial charge >= 0.3 is 12.1 Å². The van der Waals surface area contributed by atoms with Gasteiger partial charge in [-0.2, -0.15) is 13.2 Å². The fourth-order valence-corrected chi connectivity index (χ4v) is 6.28. The number of benzene rings is 2. The first-order valence-electron chi connectivity index (χ1n) is 11.7. The zero-order valence-corrected chi connectivity index (χ0v) is 20.2. The summed E-state index contributed by atoms with van der Waals surface area (Å²) >= 11 is 0. The summed E-state index contributed by atoms with van der Waals surface area (Å²) in [4.78, 5) is 11.2. The fourth-order valence-electron chi connectivity index (χ4n) is 4.74. The van der Waals surface area contributed by atoms with Crippen molar-refractivity contribution >= 4 is 21.7 Å². The molecule has 2 aliphatic rings. The van der Waals surface area contributed by atoms with Crippen LogP contribution < -0.4 is 9.04 Å². The molecule has 0 aromatic heterocycles. The fraction of sp³-hybridized carbons (Fsp3) is 0.480. The molecule has 1 fully saturated rings. The lowest BCUT2D eigenvalue weighted by Crippen LogP contribution is -2.43. The predicted molar refractivity (Wildman–Crippen MR) is 124 cm³/mol. The Balaban J connectivity index is 1.73. The molecule has 190 valence electrons. The molecule has 1 atom stereocenters. The summed E-state index contributed by atoms with van der Waals surface area (Å²) in [7, 11) is -3.09. The normalized spacial score (nSPS) is 19.1. The number of ether oxygens (including phenoxy) is 2. The molecule has 0 bridgehead atoms. The molecule has 1 aliphatic heterocycles. The molecule has 0 unspecified atom stereocenters. The third-order valence-electron chi connectivity index (χ3n) is 6.64. The van der Waals surface area contributed by atoms with E-state index in [4.69, 9.17) is 4.74 Å². The van der Waals surface area contributed by atoms with Gasteiger partial charge in [-0.05, 0) is 61.1 Å². The van der Waals surface area contributed by atoms with Crippen LogP contribution >= 0.6 is 0 Å². The van der Waals surface area contributed by atoms with Gasteiger partial charge in [-0.15, -0.1) is 0 Å². The third kappa shape index (κ3) is 5.58. The third-order valence-corrected chi connectivity index (χ3v) is 8.41. The number of hydrogen-bond acceptors (Lipinski definition) is 5. The van der Waals surface area contributed by atoms with E-state index >= 15 is 0 Å². The molecule has 1 aliphatic carbocycles. The molecule has 6 nitrogen and oxygen atoms in total. The molecule has 0 amide bonds. The minimum absolute atomic E-state index is 0.0219. The number of halogens is 3. The molecule has 10 heteroatoms. The number of methoxy groups -OCH3 is 1. The van der Waals surface area contributed by atoms with Gasteiger partial charge in [0.05, 0.1) is 29.8 Å². The van der Waals surface area contributed by atoms with Crippen molar-refractivity contribution in [2.24, 2.45) is 0 Å². The topological polar surface area (TPSA) is 72.9 Å². The summed E-state index contributed by atoms with van der Waals surface area (Å²) in [6, 6.07) is 9.17. The van der Waals surface area contributed by atoms with Gasteiger partial charge in [-0.25, -0.2) is 8.42 Å². The van der Waals surface area contributed by atoms with E-state index in [0.29, 0.717) is 23.4 Å². The summed E-state index contributed by atoms with van der Waals surface area (Å²) in [5, 5.41) is 0. The van der Waals surface area contributed by atoms with Crippen LogP contribution in [-0.4, -0.2) is 34.1 Å². The van der Waals surface area contributed by atoms with Gasteiger partial charge in [0.2, 0.25) is 0 Å². The van der Waals surface area contributed by atoms with Crippen LogP contribution in [0.5, 0.6) is 5.75 Å². The van der Waals surface area contributed by atoms with Gasteiger partial charge in [-0.3, -0.25) is 9.10 Å². The van der Waals surface area contributed by atoms with E-state index in [1.807, 2.05) is 6.07 Å². The van der Waals surface area contributed by atoms with Crippen LogP contribution in [0, 0.1) is 0 Å². The highest BCUT2D eigenvalue weighted by Crippen LogP contribution is 2.42. The van der Waals surface area contributed by atoms with Gasteiger partial charge in [0.15, 0.2) is 0 Å². The SMILES string of the molecule is COC(=O)CC[C@H]1CN(S(=O)(=O)c2cccc(C(F)(F)F)c2)c2cc(C3CCCCC3)ccc2O1. The van der Waals surface area contributed by atoms with Crippen molar-refractivity contribution in [1.29, 1.82) is 0 Å². The van der Waals surface area contributed by atoms with Gasteiger partial charge in [0.1, 0.15) is 11.9 Å². The number of hydrogen-bond donors (Lipinski definition) is 0. The highest BCUT2D eigenvalue weighted by molar-refractivity contribution is 7.92. The molecule has 2 aromatic carbocycles. The van der Waals surface area contributed by atoms with Crippen molar-refractivity contribution in [1.82, 2.24) is 0 Å². The van der Waals surface area contributed by atoms with Crippen molar-refractivity contribution in [2.75, 3.05) is 18.0 Å². The second-order valence-corrected chi connectivity index (χ2v) is 10.8. The molecule has 1 saturated carbocycles. The number of alkyl halides is 3. The minimum atomic E-state index is -4.67. The monoisotopic (exact) mass is 511 g/mol. The van der Waals surface area contributed by atoms with E-state index in [1.54, 1.807) is 12.1 Å². The largest absolute Gasteiger partial charge is 0.486 e. The number of carbonyl (C=O) groups excluding carboxylic acids is 1. The van der Waals surface area contributed by atoms with Gasteiger partial charge in [0, 0.05) is 6.42 Å². The van der Waals surface area contributed by atoms with Crippen LogP contribution in [0.15, 0.2) is 47.4 Å². The Kier molecular flexibility index (Phi) is 7.30. The summed E-state index contributed by atoms with van der Waals surface area (Å²) in [6.45, 7) is -0.128. The van der Waals surface area contributed by atoms with E-state index in [1.165, 1.54) is 13.5 Å². The van der Waals surface area contributed by atoms with E-state index in [-0.39, 0.29) is 19.4 Å². The maximum absolute atomic E-state index is 13.7. The molecule has 0 spiro atoms. The first-order valence-corrected chi connectivity index (χ1v) is 13.1. The molecule has 0 N–H and O–H groups in total. The van der Waals surface area contributed by atoms with E-state index < -0.39 is 38.7 Å². The Bertz CT molecular complexity index is 1180. The maximum atomic E-state index is 13.7. The second-order valence-electron chi connectivity index (χ2n) is 8.98. The molecule has 4 rings (SSSR count). The van der Waals surface area contributed by atoms with Crippen LogP contribution in [0.3, 0.4) is 0 Å².